The molecule has 4 nitrogen and oxygen atoms in total. The Morgan fingerprint density at radius 2 is 1.73 bits per heavy atom. The van der Waals surface area contributed by atoms with E-state index in [-0.39, 0.29) is 37.5 Å². The molecule has 0 saturated carbocycles. The van der Waals surface area contributed by atoms with Crippen LogP contribution in [0.3, 0.4) is 0 Å². The first kappa shape index (κ1) is 19.4. The highest BCUT2D eigenvalue weighted by atomic mass is 16.5. The zero-order valence-corrected chi connectivity index (χ0v) is 14.9. The van der Waals surface area contributed by atoms with Crippen LogP contribution in [0.4, 0.5) is 0 Å². The van der Waals surface area contributed by atoms with Gasteiger partial charge in [0, 0.05) is 19.3 Å². The molecule has 136 valence electrons. The molecule has 0 saturated heterocycles. The van der Waals surface area contributed by atoms with Gasteiger partial charge in [0.2, 0.25) is 0 Å². The molecule has 0 aromatic heterocycles. The van der Waals surface area contributed by atoms with E-state index in [0.717, 1.165) is 16.3 Å². The van der Waals surface area contributed by atoms with Crippen LogP contribution in [0.25, 0.3) is 10.8 Å². The summed E-state index contributed by atoms with van der Waals surface area (Å²) >= 11 is 0. The second-order valence-electron chi connectivity index (χ2n) is 5.98. The lowest BCUT2D eigenvalue weighted by Crippen LogP contribution is -2.15. The highest BCUT2D eigenvalue weighted by molar-refractivity contribution is 5.83. The van der Waals surface area contributed by atoms with Gasteiger partial charge in [0.1, 0.15) is 12.7 Å². The second kappa shape index (κ2) is 10.2. The van der Waals surface area contributed by atoms with E-state index in [2.05, 4.69) is 13.2 Å². The zero-order chi connectivity index (χ0) is 18.8. The lowest BCUT2D eigenvalue weighted by molar-refractivity contribution is -0.147. The van der Waals surface area contributed by atoms with Gasteiger partial charge in [0.05, 0.1) is 0 Å². The fourth-order valence-electron chi connectivity index (χ4n) is 2.53. The van der Waals surface area contributed by atoms with Gasteiger partial charge in [-0.15, -0.1) is 6.58 Å². The number of benzene rings is 2. The lowest BCUT2D eigenvalue weighted by Gasteiger charge is -2.11. The maximum atomic E-state index is 11.8. The summed E-state index contributed by atoms with van der Waals surface area (Å²) < 4.78 is 10.5. The first-order chi connectivity index (χ1) is 12.6. The quantitative estimate of drug-likeness (QED) is 0.458. The van der Waals surface area contributed by atoms with E-state index >= 15 is 0 Å². The smallest absolute Gasteiger partial charge is 0.306 e. The van der Waals surface area contributed by atoms with Gasteiger partial charge in [-0.05, 0) is 28.8 Å². The van der Waals surface area contributed by atoms with Crippen molar-refractivity contribution in [2.24, 2.45) is 0 Å². The summed E-state index contributed by atoms with van der Waals surface area (Å²) in [6, 6.07) is 14.0. The van der Waals surface area contributed by atoms with Gasteiger partial charge in [-0.1, -0.05) is 55.1 Å². The third-order valence-corrected chi connectivity index (χ3v) is 3.92. The maximum Gasteiger partial charge on any atom is 0.306 e. The summed E-state index contributed by atoms with van der Waals surface area (Å²) in [6.45, 7) is 7.45. The molecule has 0 aliphatic heterocycles. The summed E-state index contributed by atoms with van der Waals surface area (Å²) in [4.78, 5) is 23.6. The molecule has 4 heteroatoms. The Balaban J connectivity index is 1.70. The molecule has 1 atom stereocenters. The Labute approximate surface area is 154 Å². The standard InChI is InChI=1S/C22H24O4/c1-3-8-20(4-2)26-22(24)12-7-11-21(23)25-16-17-13-14-18-9-5-6-10-19(18)15-17/h3-6,9-10,13-15,20H,1-2,7-8,11-12,16H2. The Hall–Kier alpha value is -2.88. The van der Waals surface area contributed by atoms with Crippen LogP contribution in [0.2, 0.25) is 0 Å². The van der Waals surface area contributed by atoms with Crippen molar-refractivity contribution in [1.29, 1.82) is 0 Å². The fourth-order valence-corrected chi connectivity index (χ4v) is 2.53. The van der Waals surface area contributed by atoms with Crippen molar-refractivity contribution in [1.82, 2.24) is 0 Å². The van der Waals surface area contributed by atoms with E-state index in [1.807, 2.05) is 42.5 Å². The van der Waals surface area contributed by atoms with Gasteiger partial charge >= 0.3 is 11.9 Å². The lowest BCUT2D eigenvalue weighted by atomic mass is 10.1. The van der Waals surface area contributed by atoms with Gasteiger partial charge in [-0.25, -0.2) is 0 Å². The first-order valence-electron chi connectivity index (χ1n) is 8.68. The van der Waals surface area contributed by atoms with Crippen LogP contribution in [0, 0.1) is 0 Å². The minimum Gasteiger partial charge on any atom is -0.461 e. The van der Waals surface area contributed by atoms with Crippen LogP contribution in [-0.2, 0) is 25.7 Å². The van der Waals surface area contributed by atoms with Crippen molar-refractivity contribution in [2.75, 3.05) is 0 Å². The van der Waals surface area contributed by atoms with E-state index in [1.54, 1.807) is 12.2 Å². The van der Waals surface area contributed by atoms with Crippen molar-refractivity contribution < 1.29 is 19.1 Å². The van der Waals surface area contributed by atoms with Crippen LogP contribution < -0.4 is 0 Å². The van der Waals surface area contributed by atoms with Crippen molar-refractivity contribution in [3.8, 4) is 0 Å². The van der Waals surface area contributed by atoms with Crippen LogP contribution >= 0.6 is 0 Å². The highest BCUT2D eigenvalue weighted by Crippen LogP contribution is 2.16. The van der Waals surface area contributed by atoms with Crippen LogP contribution in [0.15, 0.2) is 67.8 Å². The molecule has 0 aliphatic carbocycles. The van der Waals surface area contributed by atoms with E-state index in [0.29, 0.717) is 12.8 Å². The molecule has 26 heavy (non-hydrogen) atoms. The molecule has 2 aromatic rings. The van der Waals surface area contributed by atoms with Crippen LogP contribution in [0.1, 0.15) is 31.2 Å². The number of carbonyl (C=O) groups is 2. The first-order valence-corrected chi connectivity index (χ1v) is 8.68. The number of carbonyl (C=O) groups excluding carboxylic acids is 2. The van der Waals surface area contributed by atoms with Gasteiger partial charge < -0.3 is 9.47 Å². The summed E-state index contributed by atoms with van der Waals surface area (Å²) in [5.74, 6) is -0.670. The zero-order valence-electron chi connectivity index (χ0n) is 14.9. The SMILES string of the molecule is C=CCC(C=C)OC(=O)CCCC(=O)OCc1ccc2ccccc2c1. The average molecular weight is 352 g/mol. The Morgan fingerprint density at radius 1 is 1.00 bits per heavy atom. The van der Waals surface area contributed by atoms with Gasteiger partial charge in [-0.2, -0.15) is 0 Å². The molecule has 0 spiro atoms. The molecule has 2 aromatic carbocycles. The summed E-state index contributed by atoms with van der Waals surface area (Å²) in [5, 5.41) is 2.26. The fraction of sp³-hybridized carbons (Fsp3) is 0.273. The maximum absolute atomic E-state index is 11.8. The van der Waals surface area contributed by atoms with Gasteiger partial charge in [-0.3, -0.25) is 9.59 Å². The molecule has 2 rings (SSSR count). The van der Waals surface area contributed by atoms with Crippen molar-refractivity contribution >= 4 is 22.7 Å². The molecule has 1 unspecified atom stereocenters. The average Bonchev–Trinajstić information content (AvgIpc) is 2.65. The minimum absolute atomic E-state index is 0.173. The van der Waals surface area contributed by atoms with Gasteiger partial charge in [0.25, 0.3) is 0 Å². The summed E-state index contributed by atoms with van der Waals surface area (Å²) in [5.41, 5.74) is 0.940. The molecule has 0 bridgehead atoms. The number of ether oxygens (including phenoxy) is 2. The molecule has 0 fully saturated rings. The number of hydrogen-bond donors (Lipinski definition) is 0. The summed E-state index contributed by atoms with van der Waals surface area (Å²) in [7, 11) is 0. The topological polar surface area (TPSA) is 52.6 Å². The Kier molecular flexibility index (Phi) is 7.62. The molecular formula is C22H24O4. The molecule has 0 N–H and O–H groups in total. The predicted molar refractivity (Wildman–Crippen MR) is 102 cm³/mol. The number of rotatable bonds is 10. The number of fused-ring (bicyclic) bond motifs is 1. The monoisotopic (exact) mass is 352 g/mol. The number of hydrogen-bond acceptors (Lipinski definition) is 4. The minimum atomic E-state index is -0.361. The van der Waals surface area contributed by atoms with E-state index in [9.17, 15) is 9.59 Å². The van der Waals surface area contributed by atoms with Crippen molar-refractivity contribution in [3.63, 3.8) is 0 Å². The molecule has 0 amide bonds. The molecular weight excluding hydrogens is 328 g/mol. The molecule has 0 heterocycles. The van der Waals surface area contributed by atoms with E-state index in [1.165, 1.54) is 0 Å². The highest BCUT2D eigenvalue weighted by Gasteiger charge is 2.11. The van der Waals surface area contributed by atoms with E-state index in [4.69, 9.17) is 9.47 Å². The van der Waals surface area contributed by atoms with Gasteiger partial charge in [0.15, 0.2) is 0 Å². The molecule has 0 aliphatic rings. The third-order valence-electron chi connectivity index (χ3n) is 3.92. The second-order valence-corrected chi connectivity index (χ2v) is 5.98. The van der Waals surface area contributed by atoms with Crippen LogP contribution in [-0.4, -0.2) is 18.0 Å². The number of esters is 2. The van der Waals surface area contributed by atoms with Crippen molar-refractivity contribution in [3.05, 3.63) is 73.3 Å². The normalized spacial score (nSPS) is 11.5. The van der Waals surface area contributed by atoms with Crippen LogP contribution in [0.5, 0.6) is 0 Å². The molecule has 0 radical (unpaired) electrons. The predicted octanol–water partition coefficient (Wildman–Crippen LogP) is 4.73. The van der Waals surface area contributed by atoms with Crippen molar-refractivity contribution in [2.45, 2.75) is 38.4 Å². The largest absolute Gasteiger partial charge is 0.461 e. The van der Waals surface area contributed by atoms with E-state index < -0.39 is 0 Å². The Bertz CT molecular complexity index is 779. The third kappa shape index (κ3) is 6.20. The summed E-state index contributed by atoms with van der Waals surface area (Å²) in [6.07, 6.45) is 4.16. The Morgan fingerprint density at radius 3 is 2.46 bits per heavy atom.